The Kier molecular flexibility index (Phi) is 6.55. The summed E-state index contributed by atoms with van der Waals surface area (Å²) in [4.78, 5) is 0. The zero-order chi connectivity index (χ0) is 7.82. The monoisotopic (exact) mass is 144 g/mol. The van der Waals surface area contributed by atoms with Crippen molar-refractivity contribution in [1.82, 2.24) is 0 Å². The van der Waals surface area contributed by atoms with E-state index in [0.29, 0.717) is 0 Å². The molecule has 0 saturated carbocycles. The van der Waals surface area contributed by atoms with Crippen LogP contribution in [-0.2, 0) is 4.74 Å². The van der Waals surface area contributed by atoms with Crippen LogP contribution < -0.4 is 0 Å². The lowest BCUT2D eigenvalue weighted by Gasteiger charge is -1.95. The highest BCUT2D eigenvalue weighted by molar-refractivity contribution is 4.82. The first kappa shape index (κ1) is 9.66. The van der Waals surface area contributed by atoms with Crippen molar-refractivity contribution in [2.24, 2.45) is 0 Å². The highest BCUT2D eigenvalue weighted by Crippen LogP contribution is 1.92. The summed E-state index contributed by atoms with van der Waals surface area (Å²) in [6, 6.07) is 0. The zero-order valence-corrected chi connectivity index (χ0v) is 6.71. The van der Waals surface area contributed by atoms with E-state index in [1.807, 2.05) is 12.2 Å². The lowest BCUT2D eigenvalue weighted by atomic mass is 10.2. The molecule has 0 radical (unpaired) electrons. The topological polar surface area (TPSA) is 29.5 Å². The molecule has 0 heterocycles. The molecule has 1 atom stereocenters. The average molecular weight is 144 g/mol. The van der Waals surface area contributed by atoms with E-state index in [9.17, 15) is 0 Å². The summed E-state index contributed by atoms with van der Waals surface area (Å²) in [5.74, 6) is 0. The van der Waals surface area contributed by atoms with Gasteiger partial charge in [0, 0.05) is 13.7 Å². The van der Waals surface area contributed by atoms with Gasteiger partial charge < -0.3 is 9.84 Å². The summed E-state index contributed by atoms with van der Waals surface area (Å²) in [5.41, 5.74) is 0. The Morgan fingerprint density at radius 3 is 2.70 bits per heavy atom. The second-order valence-electron chi connectivity index (χ2n) is 2.34. The van der Waals surface area contributed by atoms with Gasteiger partial charge in [0.2, 0.25) is 0 Å². The zero-order valence-electron chi connectivity index (χ0n) is 6.71. The fourth-order valence-corrected chi connectivity index (χ4v) is 0.597. The van der Waals surface area contributed by atoms with Gasteiger partial charge in [-0.2, -0.15) is 0 Å². The van der Waals surface area contributed by atoms with Gasteiger partial charge in [-0.15, -0.1) is 0 Å². The molecule has 0 aromatic carbocycles. The highest BCUT2D eigenvalue weighted by Gasteiger charge is 1.87. The third kappa shape index (κ3) is 7.66. The molecule has 0 aliphatic carbocycles. The summed E-state index contributed by atoms with van der Waals surface area (Å²) >= 11 is 0. The van der Waals surface area contributed by atoms with Crippen LogP contribution in [0.5, 0.6) is 0 Å². The first-order chi connectivity index (χ1) is 4.77. The average Bonchev–Trinajstić information content (AvgIpc) is 1.87. The van der Waals surface area contributed by atoms with Crippen LogP contribution in [0.1, 0.15) is 19.8 Å². The molecule has 0 aromatic heterocycles. The molecule has 1 unspecified atom stereocenters. The minimum Gasteiger partial charge on any atom is -0.393 e. The van der Waals surface area contributed by atoms with Gasteiger partial charge in [-0.05, 0) is 19.8 Å². The van der Waals surface area contributed by atoms with Crippen LogP contribution in [0.2, 0.25) is 0 Å². The third-order valence-electron chi connectivity index (χ3n) is 1.13. The first-order valence-corrected chi connectivity index (χ1v) is 3.59. The van der Waals surface area contributed by atoms with Crippen LogP contribution in [0, 0.1) is 0 Å². The van der Waals surface area contributed by atoms with E-state index in [0.717, 1.165) is 19.4 Å². The summed E-state index contributed by atoms with van der Waals surface area (Å²) in [6.07, 6.45) is 5.45. The van der Waals surface area contributed by atoms with Crippen molar-refractivity contribution in [3.8, 4) is 0 Å². The molecule has 60 valence electrons. The fourth-order valence-electron chi connectivity index (χ4n) is 0.597. The number of rotatable bonds is 5. The van der Waals surface area contributed by atoms with E-state index in [4.69, 9.17) is 9.84 Å². The van der Waals surface area contributed by atoms with Crippen molar-refractivity contribution >= 4 is 0 Å². The molecule has 0 aliphatic heterocycles. The number of hydrogen-bond acceptors (Lipinski definition) is 2. The molecule has 0 rings (SSSR count). The molecule has 2 heteroatoms. The van der Waals surface area contributed by atoms with Gasteiger partial charge in [0.15, 0.2) is 0 Å². The van der Waals surface area contributed by atoms with E-state index in [1.54, 1.807) is 14.0 Å². The molecular formula is C8H16O2. The molecule has 0 aromatic rings. The molecule has 1 N–H and O–H groups in total. The maximum absolute atomic E-state index is 8.83. The van der Waals surface area contributed by atoms with E-state index in [1.165, 1.54) is 0 Å². The Balaban J connectivity index is 3.04. The second-order valence-corrected chi connectivity index (χ2v) is 2.34. The lowest BCUT2D eigenvalue weighted by molar-refractivity contribution is 0.197. The van der Waals surface area contributed by atoms with Gasteiger partial charge in [0.1, 0.15) is 0 Å². The van der Waals surface area contributed by atoms with E-state index in [-0.39, 0.29) is 6.10 Å². The van der Waals surface area contributed by atoms with Crippen LogP contribution in [0.4, 0.5) is 0 Å². The fraction of sp³-hybridized carbons (Fsp3) is 0.750. The third-order valence-corrected chi connectivity index (χ3v) is 1.13. The molecule has 0 aliphatic rings. The van der Waals surface area contributed by atoms with Gasteiger partial charge in [-0.25, -0.2) is 0 Å². The van der Waals surface area contributed by atoms with Crippen LogP contribution in [0.15, 0.2) is 12.2 Å². The molecule has 10 heavy (non-hydrogen) atoms. The van der Waals surface area contributed by atoms with Gasteiger partial charge in [-0.1, -0.05) is 12.2 Å². The molecule has 0 saturated heterocycles. The second kappa shape index (κ2) is 6.78. The van der Waals surface area contributed by atoms with E-state index in [2.05, 4.69) is 0 Å². The predicted molar refractivity (Wildman–Crippen MR) is 41.9 cm³/mol. The standard InChI is InChI=1S/C8H16O2/c1-8(9)6-4-3-5-7-10-2/h3-4,8-9H,5-7H2,1-2H3/b4-3+. The van der Waals surface area contributed by atoms with Crippen molar-refractivity contribution in [1.29, 1.82) is 0 Å². The van der Waals surface area contributed by atoms with Crippen LogP contribution in [0.25, 0.3) is 0 Å². The molecule has 0 bridgehead atoms. The van der Waals surface area contributed by atoms with Crippen molar-refractivity contribution in [2.75, 3.05) is 13.7 Å². The maximum Gasteiger partial charge on any atom is 0.0546 e. The highest BCUT2D eigenvalue weighted by atomic mass is 16.5. The molecule has 0 spiro atoms. The Bertz CT molecular complexity index is 87.3. The Morgan fingerprint density at radius 1 is 1.50 bits per heavy atom. The number of aliphatic hydroxyl groups excluding tert-OH is 1. The largest absolute Gasteiger partial charge is 0.393 e. The number of hydrogen-bond donors (Lipinski definition) is 1. The molecule has 0 amide bonds. The summed E-state index contributed by atoms with van der Waals surface area (Å²) in [5, 5.41) is 8.83. The van der Waals surface area contributed by atoms with Crippen molar-refractivity contribution in [3.05, 3.63) is 12.2 Å². The molecule has 2 nitrogen and oxygen atoms in total. The number of ether oxygens (including phenoxy) is 1. The molecule has 0 fully saturated rings. The number of aliphatic hydroxyl groups is 1. The number of methoxy groups -OCH3 is 1. The molecular weight excluding hydrogens is 128 g/mol. The van der Waals surface area contributed by atoms with Gasteiger partial charge >= 0.3 is 0 Å². The van der Waals surface area contributed by atoms with Gasteiger partial charge in [0.25, 0.3) is 0 Å². The lowest BCUT2D eigenvalue weighted by Crippen LogP contribution is -1.95. The first-order valence-electron chi connectivity index (χ1n) is 3.59. The van der Waals surface area contributed by atoms with Crippen molar-refractivity contribution < 1.29 is 9.84 Å². The minimum absolute atomic E-state index is 0.223. The van der Waals surface area contributed by atoms with Crippen molar-refractivity contribution in [3.63, 3.8) is 0 Å². The maximum atomic E-state index is 8.83. The smallest absolute Gasteiger partial charge is 0.0546 e. The van der Waals surface area contributed by atoms with Crippen LogP contribution in [-0.4, -0.2) is 24.9 Å². The van der Waals surface area contributed by atoms with Crippen molar-refractivity contribution in [2.45, 2.75) is 25.9 Å². The van der Waals surface area contributed by atoms with Crippen LogP contribution in [0.3, 0.4) is 0 Å². The quantitative estimate of drug-likeness (QED) is 0.466. The predicted octanol–water partition coefficient (Wildman–Crippen LogP) is 1.35. The summed E-state index contributed by atoms with van der Waals surface area (Å²) < 4.78 is 4.84. The van der Waals surface area contributed by atoms with E-state index < -0.39 is 0 Å². The SMILES string of the molecule is COCC/C=C/CC(C)O. The Morgan fingerprint density at radius 2 is 2.20 bits per heavy atom. The summed E-state index contributed by atoms with van der Waals surface area (Å²) in [7, 11) is 1.68. The van der Waals surface area contributed by atoms with Gasteiger partial charge in [-0.3, -0.25) is 0 Å². The Labute approximate surface area is 62.5 Å². The van der Waals surface area contributed by atoms with E-state index >= 15 is 0 Å². The minimum atomic E-state index is -0.223. The summed E-state index contributed by atoms with van der Waals surface area (Å²) in [6.45, 7) is 2.54. The Hall–Kier alpha value is -0.340. The van der Waals surface area contributed by atoms with Crippen LogP contribution >= 0.6 is 0 Å². The van der Waals surface area contributed by atoms with Gasteiger partial charge in [0.05, 0.1) is 6.10 Å². The normalized spacial score (nSPS) is 14.3.